The zero-order chi connectivity index (χ0) is 11.5. The molecule has 0 amide bonds. The molecular formula is C12H16N4. The fourth-order valence-electron chi connectivity index (χ4n) is 1.88. The molecule has 2 rings (SSSR count). The number of piperazine rings is 1. The molecule has 2 heterocycles. The van der Waals surface area contributed by atoms with Crippen LogP contribution in [-0.2, 0) is 0 Å². The highest BCUT2D eigenvalue weighted by Crippen LogP contribution is 2.15. The molecule has 1 aromatic rings. The third kappa shape index (κ3) is 2.15. The molecule has 0 saturated carbocycles. The van der Waals surface area contributed by atoms with Gasteiger partial charge in [0.2, 0.25) is 0 Å². The van der Waals surface area contributed by atoms with Gasteiger partial charge in [0.25, 0.3) is 0 Å². The van der Waals surface area contributed by atoms with Crippen molar-refractivity contribution in [3.63, 3.8) is 0 Å². The Balaban J connectivity index is 2.16. The number of aromatic nitrogens is 1. The molecule has 0 N–H and O–H groups in total. The quantitative estimate of drug-likeness (QED) is 0.703. The smallest absolute Gasteiger partial charge is 0.128 e. The van der Waals surface area contributed by atoms with Crippen LogP contribution in [0.3, 0.4) is 0 Å². The molecular weight excluding hydrogens is 200 g/mol. The number of anilines is 1. The van der Waals surface area contributed by atoms with Crippen molar-refractivity contribution in [2.75, 3.05) is 38.1 Å². The summed E-state index contributed by atoms with van der Waals surface area (Å²) in [6, 6.07) is 5.94. The SMILES string of the molecule is Cc1nc(N2CCN(C)CC2)ccc1C#N. The van der Waals surface area contributed by atoms with E-state index in [1.165, 1.54) is 0 Å². The lowest BCUT2D eigenvalue weighted by Crippen LogP contribution is -2.44. The second-order valence-electron chi connectivity index (χ2n) is 4.20. The summed E-state index contributed by atoms with van der Waals surface area (Å²) in [5.41, 5.74) is 1.48. The Labute approximate surface area is 96.1 Å². The number of pyridine rings is 1. The molecule has 4 heteroatoms. The fourth-order valence-corrected chi connectivity index (χ4v) is 1.88. The van der Waals surface area contributed by atoms with E-state index in [0.29, 0.717) is 5.56 Å². The largest absolute Gasteiger partial charge is 0.354 e. The fraction of sp³-hybridized carbons (Fsp3) is 0.500. The number of hydrogen-bond acceptors (Lipinski definition) is 4. The lowest BCUT2D eigenvalue weighted by molar-refractivity contribution is 0.312. The normalized spacial score (nSPS) is 17.2. The van der Waals surface area contributed by atoms with E-state index < -0.39 is 0 Å². The first-order valence-corrected chi connectivity index (χ1v) is 5.52. The number of rotatable bonds is 1. The van der Waals surface area contributed by atoms with Gasteiger partial charge in [0, 0.05) is 26.2 Å². The second-order valence-corrected chi connectivity index (χ2v) is 4.20. The van der Waals surface area contributed by atoms with Gasteiger partial charge in [-0.25, -0.2) is 4.98 Å². The third-order valence-electron chi connectivity index (χ3n) is 3.02. The molecule has 0 bridgehead atoms. The van der Waals surface area contributed by atoms with Crippen LogP contribution in [0.4, 0.5) is 5.82 Å². The van der Waals surface area contributed by atoms with Crippen molar-refractivity contribution in [3.05, 3.63) is 23.4 Å². The number of likely N-dealkylation sites (N-methyl/N-ethyl adjacent to an activating group) is 1. The van der Waals surface area contributed by atoms with Crippen LogP contribution in [0.1, 0.15) is 11.3 Å². The molecule has 1 saturated heterocycles. The number of hydrogen-bond donors (Lipinski definition) is 0. The van der Waals surface area contributed by atoms with E-state index in [0.717, 1.165) is 37.7 Å². The molecule has 1 aromatic heterocycles. The Morgan fingerprint density at radius 1 is 1.25 bits per heavy atom. The molecule has 0 radical (unpaired) electrons. The van der Waals surface area contributed by atoms with Crippen LogP contribution >= 0.6 is 0 Å². The van der Waals surface area contributed by atoms with E-state index in [-0.39, 0.29) is 0 Å². The molecule has 0 spiro atoms. The van der Waals surface area contributed by atoms with Gasteiger partial charge < -0.3 is 9.80 Å². The Bertz CT molecular complexity index is 414. The second kappa shape index (κ2) is 4.50. The van der Waals surface area contributed by atoms with E-state index in [4.69, 9.17) is 5.26 Å². The monoisotopic (exact) mass is 216 g/mol. The first kappa shape index (κ1) is 10.9. The maximum Gasteiger partial charge on any atom is 0.128 e. The van der Waals surface area contributed by atoms with E-state index in [2.05, 4.69) is 27.9 Å². The van der Waals surface area contributed by atoms with Gasteiger partial charge in [-0.05, 0) is 26.1 Å². The first-order chi connectivity index (χ1) is 7.70. The maximum absolute atomic E-state index is 8.84. The Kier molecular flexibility index (Phi) is 3.07. The molecule has 1 aliphatic rings. The zero-order valence-corrected chi connectivity index (χ0v) is 9.77. The van der Waals surface area contributed by atoms with Gasteiger partial charge >= 0.3 is 0 Å². The van der Waals surface area contributed by atoms with Crippen molar-refractivity contribution < 1.29 is 0 Å². The molecule has 0 aliphatic carbocycles. The highest BCUT2D eigenvalue weighted by Gasteiger charge is 2.15. The summed E-state index contributed by atoms with van der Waals surface area (Å²) in [4.78, 5) is 9.06. The summed E-state index contributed by atoms with van der Waals surface area (Å²) < 4.78 is 0. The molecule has 84 valence electrons. The molecule has 1 fully saturated rings. The van der Waals surface area contributed by atoms with Crippen LogP contribution in [0.25, 0.3) is 0 Å². The van der Waals surface area contributed by atoms with Gasteiger partial charge in [0.1, 0.15) is 11.9 Å². The van der Waals surface area contributed by atoms with Crippen molar-refractivity contribution in [1.29, 1.82) is 5.26 Å². The lowest BCUT2D eigenvalue weighted by atomic mass is 10.2. The zero-order valence-electron chi connectivity index (χ0n) is 9.77. The number of aryl methyl sites for hydroxylation is 1. The average Bonchev–Trinajstić information content (AvgIpc) is 2.30. The summed E-state index contributed by atoms with van der Waals surface area (Å²) in [6.07, 6.45) is 0. The standard InChI is InChI=1S/C12H16N4/c1-10-11(9-13)3-4-12(14-10)16-7-5-15(2)6-8-16/h3-4H,5-8H2,1-2H3. The molecule has 16 heavy (non-hydrogen) atoms. The Morgan fingerprint density at radius 3 is 2.50 bits per heavy atom. The molecule has 0 unspecified atom stereocenters. The minimum Gasteiger partial charge on any atom is -0.354 e. The predicted molar refractivity (Wildman–Crippen MR) is 63.4 cm³/mol. The first-order valence-electron chi connectivity index (χ1n) is 5.52. The minimum absolute atomic E-state index is 0.665. The minimum atomic E-state index is 0.665. The number of nitriles is 1. The van der Waals surface area contributed by atoms with E-state index in [1.54, 1.807) is 0 Å². The van der Waals surface area contributed by atoms with Crippen molar-refractivity contribution in [2.24, 2.45) is 0 Å². The summed E-state index contributed by atoms with van der Waals surface area (Å²) in [6.45, 7) is 6.04. The van der Waals surface area contributed by atoms with Gasteiger partial charge in [-0.15, -0.1) is 0 Å². The summed E-state index contributed by atoms with van der Waals surface area (Å²) >= 11 is 0. The van der Waals surface area contributed by atoms with Crippen molar-refractivity contribution >= 4 is 5.82 Å². The van der Waals surface area contributed by atoms with Crippen molar-refractivity contribution in [1.82, 2.24) is 9.88 Å². The molecule has 0 aromatic carbocycles. The Morgan fingerprint density at radius 2 is 1.94 bits per heavy atom. The number of nitrogens with zero attached hydrogens (tertiary/aromatic N) is 4. The lowest BCUT2D eigenvalue weighted by Gasteiger charge is -2.33. The van der Waals surface area contributed by atoms with Gasteiger partial charge in [-0.3, -0.25) is 0 Å². The van der Waals surface area contributed by atoms with Crippen LogP contribution in [0.5, 0.6) is 0 Å². The molecule has 1 aliphatic heterocycles. The van der Waals surface area contributed by atoms with E-state index in [1.807, 2.05) is 19.1 Å². The highest BCUT2D eigenvalue weighted by molar-refractivity contribution is 5.45. The van der Waals surface area contributed by atoms with Gasteiger partial charge in [-0.1, -0.05) is 0 Å². The van der Waals surface area contributed by atoms with Crippen molar-refractivity contribution in [3.8, 4) is 6.07 Å². The average molecular weight is 216 g/mol. The van der Waals surface area contributed by atoms with Crippen LogP contribution in [-0.4, -0.2) is 43.1 Å². The van der Waals surface area contributed by atoms with Crippen LogP contribution in [0.15, 0.2) is 12.1 Å². The topological polar surface area (TPSA) is 43.2 Å². The summed E-state index contributed by atoms with van der Waals surface area (Å²) in [5.74, 6) is 0.990. The maximum atomic E-state index is 8.84. The van der Waals surface area contributed by atoms with Crippen LogP contribution in [0, 0.1) is 18.3 Å². The van der Waals surface area contributed by atoms with Gasteiger partial charge in [0.05, 0.1) is 11.3 Å². The Hall–Kier alpha value is -1.60. The molecule has 4 nitrogen and oxygen atoms in total. The van der Waals surface area contributed by atoms with E-state index in [9.17, 15) is 0 Å². The summed E-state index contributed by atoms with van der Waals surface area (Å²) in [5, 5.41) is 8.84. The van der Waals surface area contributed by atoms with Gasteiger partial charge in [-0.2, -0.15) is 5.26 Å². The van der Waals surface area contributed by atoms with Crippen molar-refractivity contribution in [2.45, 2.75) is 6.92 Å². The van der Waals surface area contributed by atoms with Gasteiger partial charge in [0.15, 0.2) is 0 Å². The third-order valence-corrected chi connectivity index (χ3v) is 3.02. The summed E-state index contributed by atoms with van der Waals surface area (Å²) in [7, 11) is 2.13. The van der Waals surface area contributed by atoms with Crippen LogP contribution < -0.4 is 4.90 Å². The van der Waals surface area contributed by atoms with E-state index >= 15 is 0 Å². The predicted octanol–water partition coefficient (Wildman–Crippen LogP) is 1.01. The molecule has 0 atom stereocenters. The van der Waals surface area contributed by atoms with Crippen LogP contribution in [0.2, 0.25) is 0 Å². The highest BCUT2D eigenvalue weighted by atomic mass is 15.3.